The third-order valence-electron chi connectivity index (χ3n) is 7.34. The van der Waals surface area contributed by atoms with E-state index in [4.69, 9.17) is 79.2 Å². The third-order valence-corrected chi connectivity index (χ3v) is 11.6. The molecule has 0 aromatic heterocycles. The molecule has 3 heterocycles. The fourth-order valence-electron chi connectivity index (χ4n) is 6.11. The lowest BCUT2D eigenvalue weighted by molar-refractivity contribution is -0.196. The van der Waals surface area contributed by atoms with Gasteiger partial charge in [-0.3, -0.25) is 14.4 Å². The maximum atomic E-state index is 13.2. The van der Waals surface area contributed by atoms with Crippen LogP contribution in [0.2, 0.25) is 0 Å². The number of carbonyl (C=O) groups is 2. The zero-order valence-electron chi connectivity index (χ0n) is 15.4. The summed E-state index contributed by atoms with van der Waals surface area (Å²) in [6.07, 6.45) is -1.48. The van der Waals surface area contributed by atoms with E-state index in [0.29, 0.717) is 0 Å². The summed E-state index contributed by atoms with van der Waals surface area (Å²) < 4.78 is 4.37. The number of halogens is 6. The maximum Gasteiger partial charge on any atom is 0.260 e. The van der Waals surface area contributed by atoms with Crippen molar-refractivity contribution in [1.82, 2.24) is 5.06 Å². The molecular weight excluding hydrogens is 531 g/mol. The van der Waals surface area contributed by atoms with Crippen molar-refractivity contribution in [2.75, 3.05) is 0 Å². The average molecular weight is 544 g/mol. The molecule has 31 heavy (non-hydrogen) atoms. The molecule has 5 aliphatic rings. The van der Waals surface area contributed by atoms with Crippen molar-refractivity contribution in [2.24, 2.45) is 23.7 Å². The van der Waals surface area contributed by atoms with E-state index >= 15 is 0 Å². The molecule has 8 atom stereocenters. The number of hydroxylamine groups is 2. The Morgan fingerprint density at radius 2 is 1.35 bits per heavy atom. The molecule has 1 aromatic rings. The van der Waals surface area contributed by atoms with Crippen molar-refractivity contribution in [3.05, 3.63) is 46.0 Å². The van der Waals surface area contributed by atoms with E-state index in [2.05, 4.69) is 0 Å². The summed E-state index contributed by atoms with van der Waals surface area (Å²) in [5.74, 6) is -3.70. The second-order valence-corrected chi connectivity index (χ2v) is 11.8. The van der Waals surface area contributed by atoms with Crippen LogP contribution in [0, 0.1) is 23.7 Å². The predicted octanol–water partition coefficient (Wildman–Crippen LogP) is 4.58. The molecule has 6 rings (SSSR count). The van der Waals surface area contributed by atoms with E-state index in [1.54, 1.807) is 0 Å². The number of carbonyl (C=O) groups excluding carboxylic acids is 2. The molecule has 164 valence electrons. The Morgan fingerprint density at radius 3 is 1.84 bits per heavy atom. The molecule has 0 spiro atoms. The van der Waals surface area contributed by atoms with Crippen molar-refractivity contribution in [2.45, 2.75) is 32.9 Å². The first-order chi connectivity index (χ1) is 14.6. The minimum Gasteiger partial charge on any atom is -0.373 e. The number of imide groups is 1. The molecule has 0 radical (unpaired) electrons. The largest absolute Gasteiger partial charge is 0.373 e. The van der Waals surface area contributed by atoms with Crippen LogP contribution in [-0.2, 0) is 25.8 Å². The second-order valence-electron chi connectivity index (χ2n) is 8.52. The van der Waals surface area contributed by atoms with Gasteiger partial charge in [0.1, 0.15) is 16.4 Å². The van der Waals surface area contributed by atoms with Crippen LogP contribution >= 0.6 is 69.6 Å². The zero-order chi connectivity index (χ0) is 22.1. The summed E-state index contributed by atoms with van der Waals surface area (Å²) in [5.41, 5.74) is 0.825. The smallest absolute Gasteiger partial charge is 0.260 e. The first kappa shape index (κ1) is 21.3. The lowest BCUT2D eigenvalue weighted by Crippen LogP contribution is -2.50. The molecule has 2 amide bonds. The van der Waals surface area contributed by atoms with E-state index in [-0.39, 0.29) is 16.7 Å². The average Bonchev–Trinajstić information content (AvgIpc) is 3.44. The third kappa shape index (κ3) is 2.17. The Kier molecular flexibility index (Phi) is 4.43. The summed E-state index contributed by atoms with van der Waals surface area (Å²) in [7, 11) is 0. The van der Waals surface area contributed by atoms with Crippen LogP contribution in [0.3, 0.4) is 0 Å². The van der Waals surface area contributed by atoms with Crippen LogP contribution in [0.1, 0.15) is 5.56 Å². The number of ether oxygens (including phenoxy) is 1. The summed E-state index contributed by atoms with van der Waals surface area (Å²) in [6.45, 7) is 0.0748. The molecule has 4 bridgehead atoms. The Hall–Kier alpha value is -0.240. The zero-order valence-corrected chi connectivity index (χ0v) is 19.9. The first-order valence-electron chi connectivity index (χ1n) is 9.60. The Bertz CT molecular complexity index is 1010. The van der Waals surface area contributed by atoms with Gasteiger partial charge in [-0.05, 0) is 5.56 Å². The van der Waals surface area contributed by atoms with Crippen LogP contribution < -0.4 is 0 Å². The standard InChI is InChI=1S/C20H13Cl6NO4/c21-14-15(22)19(24)11-10(18(14,23)20(19,25)26)12-8-9(13(11)31-12)17(29)27(16(8)28)30-6-7-4-2-1-3-5-7/h1-5,8-13H,6H2/t8-,9+,10-,11+,12+,13-,18-,19-/m1/s1. The highest BCUT2D eigenvalue weighted by Gasteiger charge is 2.90. The highest BCUT2D eigenvalue weighted by atomic mass is 35.5. The van der Waals surface area contributed by atoms with Gasteiger partial charge in [0.05, 0.1) is 34.1 Å². The Balaban J connectivity index is 1.35. The van der Waals surface area contributed by atoms with Gasteiger partial charge in [0.15, 0.2) is 4.33 Å². The van der Waals surface area contributed by atoms with Crippen LogP contribution in [0.4, 0.5) is 0 Å². The van der Waals surface area contributed by atoms with Gasteiger partial charge in [-0.15, -0.1) is 23.2 Å². The van der Waals surface area contributed by atoms with E-state index in [1.807, 2.05) is 30.3 Å². The molecule has 5 nitrogen and oxygen atoms in total. The fraction of sp³-hybridized carbons (Fsp3) is 0.500. The number of hydrogen-bond donors (Lipinski definition) is 0. The lowest BCUT2D eigenvalue weighted by Gasteiger charge is -2.39. The molecule has 11 heteroatoms. The molecule has 3 aliphatic heterocycles. The number of fused-ring (bicyclic) bond motifs is 12. The molecule has 3 saturated heterocycles. The van der Waals surface area contributed by atoms with Crippen molar-refractivity contribution < 1.29 is 19.2 Å². The summed E-state index contributed by atoms with van der Waals surface area (Å²) in [5, 5.41) is 0.943. The van der Waals surface area contributed by atoms with Gasteiger partial charge in [0, 0.05) is 11.8 Å². The number of alkyl halides is 4. The molecule has 2 aliphatic carbocycles. The SMILES string of the molecule is O=C1[C@@H]2[C@H]3O[C@@H]([C@@H]2C(=O)N1OCc1ccccc1)[C@H]1[C@@H]3[C@@]2(Cl)C(Cl)=C(Cl)[C@@]1(Cl)C2(Cl)Cl. The monoisotopic (exact) mass is 541 g/mol. The van der Waals surface area contributed by atoms with Crippen molar-refractivity contribution in [1.29, 1.82) is 0 Å². The number of benzene rings is 1. The molecule has 0 unspecified atom stereocenters. The first-order valence-corrected chi connectivity index (χ1v) is 11.9. The van der Waals surface area contributed by atoms with Crippen LogP contribution in [-0.4, -0.2) is 43.2 Å². The maximum absolute atomic E-state index is 13.2. The van der Waals surface area contributed by atoms with E-state index in [0.717, 1.165) is 10.6 Å². The van der Waals surface area contributed by atoms with Gasteiger partial charge in [0.25, 0.3) is 11.8 Å². The van der Waals surface area contributed by atoms with Gasteiger partial charge in [0.2, 0.25) is 0 Å². The van der Waals surface area contributed by atoms with Gasteiger partial charge < -0.3 is 4.74 Å². The highest BCUT2D eigenvalue weighted by molar-refractivity contribution is 6.65. The minimum atomic E-state index is -1.74. The Labute approximate surface area is 207 Å². The number of rotatable bonds is 3. The second kappa shape index (κ2) is 6.45. The minimum absolute atomic E-state index is 0.0544. The normalized spacial score (nSPS) is 46.3. The highest BCUT2D eigenvalue weighted by Crippen LogP contribution is 2.81. The van der Waals surface area contributed by atoms with Crippen molar-refractivity contribution >= 4 is 81.4 Å². The van der Waals surface area contributed by atoms with E-state index in [9.17, 15) is 9.59 Å². The number of allylic oxidation sites excluding steroid dienone is 2. The van der Waals surface area contributed by atoms with E-state index < -0.39 is 61.8 Å². The number of nitrogens with zero attached hydrogens (tertiary/aromatic N) is 1. The molecular formula is C20H13Cl6NO4. The molecule has 0 N–H and O–H groups in total. The molecule has 1 saturated carbocycles. The number of amides is 2. The predicted molar refractivity (Wildman–Crippen MR) is 116 cm³/mol. The topological polar surface area (TPSA) is 55.8 Å². The summed E-state index contributed by atoms with van der Waals surface area (Å²) >= 11 is 40.1. The van der Waals surface area contributed by atoms with E-state index in [1.165, 1.54) is 0 Å². The summed E-state index contributed by atoms with van der Waals surface area (Å²) in [6, 6.07) is 9.23. The van der Waals surface area contributed by atoms with Gasteiger partial charge in [-0.25, -0.2) is 0 Å². The van der Waals surface area contributed by atoms with Crippen LogP contribution in [0.25, 0.3) is 0 Å². The number of hydrogen-bond acceptors (Lipinski definition) is 4. The van der Waals surface area contributed by atoms with Crippen LogP contribution in [0.5, 0.6) is 0 Å². The molecule has 4 fully saturated rings. The van der Waals surface area contributed by atoms with Crippen LogP contribution in [0.15, 0.2) is 40.4 Å². The Morgan fingerprint density at radius 1 is 0.871 bits per heavy atom. The van der Waals surface area contributed by atoms with Gasteiger partial charge in [-0.1, -0.05) is 76.7 Å². The van der Waals surface area contributed by atoms with Gasteiger partial charge >= 0.3 is 0 Å². The fourth-order valence-corrected chi connectivity index (χ4v) is 9.17. The van der Waals surface area contributed by atoms with Gasteiger partial charge in [-0.2, -0.15) is 5.06 Å². The molecule has 1 aromatic carbocycles. The quantitative estimate of drug-likeness (QED) is 0.414. The lowest BCUT2D eigenvalue weighted by atomic mass is 9.65. The summed E-state index contributed by atoms with van der Waals surface area (Å²) in [4.78, 5) is 28.9. The van der Waals surface area contributed by atoms with Crippen molar-refractivity contribution in [3.63, 3.8) is 0 Å². The van der Waals surface area contributed by atoms with Crippen molar-refractivity contribution in [3.8, 4) is 0 Å².